The third-order valence-electron chi connectivity index (χ3n) is 3.51. The minimum atomic E-state index is -3.61. The van der Waals surface area contributed by atoms with Crippen LogP contribution in [0.15, 0.2) is 47.4 Å². The molecule has 0 spiro atoms. The maximum atomic E-state index is 12.4. The molecule has 0 bridgehead atoms. The third kappa shape index (κ3) is 3.87. The number of aromatic nitrogens is 1. The molecule has 2 aromatic carbocycles. The van der Waals surface area contributed by atoms with E-state index in [1.54, 1.807) is 19.1 Å². The number of aryl methyl sites for hydroxylation is 1. The van der Waals surface area contributed by atoms with Crippen LogP contribution in [0.4, 0.5) is 5.13 Å². The molecule has 0 aliphatic rings. The Morgan fingerprint density at radius 1 is 1.20 bits per heavy atom. The highest BCUT2D eigenvalue weighted by molar-refractivity contribution is 7.89. The van der Waals surface area contributed by atoms with Crippen molar-refractivity contribution in [3.8, 4) is 0 Å². The number of anilines is 1. The standard InChI is InChI=1S/C17H17N3O3S2/c1-3-18-25(22,23)13-6-4-5-12(10-13)16(21)20-17-19-14-8-7-11(2)9-15(14)24-17/h4-10,18H,3H2,1-2H3,(H,19,20,21). The monoisotopic (exact) mass is 375 g/mol. The third-order valence-corrected chi connectivity index (χ3v) is 5.98. The highest BCUT2D eigenvalue weighted by Crippen LogP contribution is 2.27. The van der Waals surface area contributed by atoms with Crippen molar-refractivity contribution >= 4 is 42.6 Å². The second kappa shape index (κ2) is 6.91. The van der Waals surface area contributed by atoms with Crippen molar-refractivity contribution in [1.29, 1.82) is 0 Å². The number of thiazole rings is 1. The summed E-state index contributed by atoms with van der Waals surface area (Å²) in [6.07, 6.45) is 0. The van der Waals surface area contributed by atoms with Gasteiger partial charge in [-0.2, -0.15) is 0 Å². The fourth-order valence-electron chi connectivity index (χ4n) is 2.33. The van der Waals surface area contributed by atoms with E-state index in [0.717, 1.165) is 15.8 Å². The molecular formula is C17H17N3O3S2. The van der Waals surface area contributed by atoms with Crippen molar-refractivity contribution in [2.24, 2.45) is 0 Å². The molecule has 0 radical (unpaired) electrons. The number of hydrogen-bond acceptors (Lipinski definition) is 5. The lowest BCUT2D eigenvalue weighted by Gasteiger charge is -2.06. The molecule has 0 saturated carbocycles. The van der Waals surface area contributed by atoms with Gasteiger partial charge in [0.05, 0.1) is 15.1 Å². The fourth-order valence-corrected chi connectivity index (χ4v) is 4.38. The lowest BCUT2D eigenvalue weighted by Crippen LogP contribution is -2.23. The van der Waals surface area contributed by atoms with Gasteiger partial charge in [0.15, 0.2) is 5.13 Å². The van der Waals surface area contributed by atoms with Crippen LogP contribution in [0, 0.1) is 6.92 Å². The SMILES string of the molecule is CCNS(=O)(=O)c1cccc(C(=O)Nc2nc3ccc(C)cc3s2)c1. The van der Waals surface area contributed by atoms with E-state index in [1.165, 1.54) is 23.5 Å². The van der Waals surface area contributed by atoms with Crippen LogP contribution in [0.1, 0.15) is 22.8 Å². The van der Waals surface area contributed by atoms with Gasteiger partial charge in [0.2, 0.25) is 10.0 Å². The second-order valence-electron chi connectivity index (χ2n) is 5.47. The van der Waals surface area contributed by atoms with E-state index in [0.29, 0.717) is 5.13 Å². The Balaban J connectivity index is 1.85. The molecule has 130 valence electrons. The normalized spacial score (nSPS) is 11.6. The number of carbonyl (C=O) groups excluding carboxylic acids is 1. The highest BCUT2D eigenvalue weighted by Gasteiger charge is 2.16. The zero-order chi connectivity index (χ0) is 18.0. The maximum absolute atomic E-state index is 12.4. The zero-order valence-electron chi connectivity index (χ0n) is 13.7. The maximum Gasteiger partial charge on any atom is 0.257 e. The predicted octanol–water partition coefficient (Wildman–Crippen LogP) is 3.16. The molecule has 2 N–H and O–H groups in total. The summed E-state index contributed by atoms with van der Waals surface area (Å²) < 4.78 is 27.5. The van der Waals surface area contributed by atoms with E-state index in [9.17, 15) is 13.2 Å². The molecule has 1 amide bonds. The lowest BCUT2D eigenvalue weighted by molar-refractivity contribution is 0.102. The molecule has 0 unspecified atom stereocenters. The Kier molecular flexibility index (Phi) is 4.85. The summed E-state index contributed by atoms with van der Waals surface area (Å²) in [4.78, 5) is 16.9. The Morgan fingerprint density at radius 3 is 2.76 bits per heavy atom. The van der Waals surface area contributed by atoms with Gasteiger partial charge < -0.3 is 0 Å². The Bertz CT molecular complexity index is 1040. The van der Waals surface area contributed by atoms with Crippen molar-refractivity contribution in [2.45, 2.75) is 18.7 Å². The summed E-state index contributed by atoms with van der Waals surface area (Å²) >= 11 is 1.38. The van der Waals surface area contributed by atoms with Gasteiger partial charge in [0, 0.05) is 12.1 Å². The average molecular weight is 375 g/mol. The van der Waals surface area contributed by atoms with Crippen molar-refractivity contribution in [1.82, 2.24) is 9.71 Å². The first-order chi connectivity index (χ1) is 11.9. The van der Waals surface area contributed by atoms with Crippen LogP contribution in [0.5, 0.6) is 0 Å². The van der Waals surface area contributed by atoms with Crippen molar-refractivity contribution in [3.05, 3.63) is 53.6 Å². The molecule has 0 aliphatic heterocycles. The fraction of sp³-hybridized carbons (Fsp3) is 0.176. The van der Waals surface area contributed by atoms with Crippen molar-refractivity contribution in [2.75, 3.05) is 11.9 Å². The number of rotatable bonds is 5. The van der Waals surface area contributed by atoms with E-state index in [2.05, 4.69) is 15.0 Å². The van der Waals surface area contributed by atoms with Crippen LogP contribution >= 0.6 is 11.3 Å². The Hall–Kier alpha value is -2.29. The van der Waals surface area contributed by atoms with Crippen LogP contribution < -0.4 is 10.0 Å². The van der Waals surface area contributed by atoms with Crippen molar-refractivity contribution in [3.63, 3.8) is 0 Å². The predicted molar refractivity (Wildman–Crippen MR) is 99.6 cm³/mol. The number of carbonyl (C=O) groups is 1. The summed E-state index contributed by atoms with van der Waals surface area (Å²) in [6, 6.07) is 11.8. The molecule has 25 heavy (non-hydrogen) atoms. The average Bonchev–Trinajstić information content (AvgIpc) is 2.96. The van der Waals surface area contributed by atoms with E-state index in [-0.39, 0.29) is 17.0 Å². The summed E-state index contributed by atoms with van der Waals surface area (Å²) in [5.41, 5.74) is 2.19. The van der Waals surface area contributed by atoms with Gasteiger partial charge in [-0.25, -0.2) is 18.1 Å². The minimum absolute atomic E-state index is 0.0573. The number of sulfonamides is 1. The molecule has 6 nitrogen and oxygen atoms in total. The quantitative estimate of drug-likeness (QED) is 0.717. The van der Waals surface area contributed by atoms with E-state index >= 15 is 0 Å². The molecule has 0 saturated heterocycles. The van der Waals surface area contributed by atoms with Crippen LogP contribution in [-0.2, 0) is 10.0 Å². The number of nitrogens with zero attached hydrogens (tertiary/aromatic N) is 1. The molecular weight excluding hydrogens is 358 g/mol. The molecule has 3 aromatic rings. The van der Waals surface area contributed by atoms with Crippen LogP contribution in [0.2, 0.25) is 0 Å². The Morgan fingerprint density at radius 2 is 2.00 bits per heavy atom. The van der Waals surface area contributed by atoms with Gasteiger partial charge in [-0.05, 0) is 42.8 Å². The lowest BCUT2D eigenvalue weighted by atomic mass is 10.2. The summed E-state index contributed by atoms with van der Waals surface area (Å²) in [5.74, 6) is -0.399. The van der Waals surface area contributed by atoms with Crippen LogP contribution in [-0.4, -0.2) is 25.9 Å². The number of nitrogens with one attached hydrogen (secondary N) is 2. The van der Waals surface area contributed by atoms with E-state index in [1.807, 2.05) is 25.1 Å². The van der Waals surface area contributed by atoms with Gasteiger partial charge in [-0.1, -0.05) is 30.4 Å². The Labute approximate surface area is 150 Å². The number of amides is 1. The van der Waals surface area contributed by atoms with Gasteiger partial charge in [0.25, 0.3) is 5.91 Å². The summed E-state index contributed by atoms with van der Waals surface area (Å²) in [7, 11) is -3.61. The first-order valence-electron chi connectivity index (χ1n) is 7.67. The molecule has 0 aliphatic carbocycles. The molecule has 1 aromatic heterocycles. The van der Waals surface area contributed by atoms with E-state index < -0.39 is 15.9 Å². The van der Waals surface area contributed by atoms with E-state index in [4.69, 9.17) is 0 Å². The summed E-state index contributed by atoms with van der Waals surface area (Å²) in [6.45, 7) is 3.97. The molecule has 3 rings (SSSR count). The van der Waals surface area contributed by atoms with Crippen LogP contribution in [0.25, 0.3) is 10.2 Å². The number of fused-ring (bicyclic) bond motifs is 1. The molecule has 0 fully saturated rings. The van der Waals surface area contributed by atoms with Crippen LogP contribution in [0.3, 0.4) is 0 Å². The largest absolute Gasteiger partial charge is 0.298 e. The highest BCUT2D eigenvalue weighted by atomic mass is 32.2. The number of hydrogen-bond donors (Lipinski definition) is 2. The topological polar surface area (TPSA) is 88.2 Å². The van der Waals surface area contributed by atoms with Crippen molar-refractivity contribution < 1.29 is 13.2 Å². The molecule has 0 atom stereocenters. The zero-order valence-corrected chi connectivity index (χ0v) is 15.4. The van der Waals surface area contributed by atoms with Gasteiger partial charge in [-0.3, -0.25) is 10.1 Å². The minimum Gasteiger partial charge on any atom is -0.298 e. The first-order valence-corrected chi connectivity index (χ1v) is 9.97. The second-order valence-corrected chi connectivity index (χ2v) is 8.27. The van der Waals surface area contributed by atoms with Gasteiger partial charge >= 0.3 is 0 Å². The molecule has 8 heteroatoms. The van der Waals surface area contributed by atoms with Gasteiger partial charge in [-0.15, -0.1) is 0 Å². The smallest absolute Gasteiger partial charge is 0.257 e. The first kappa shape index (κ1) is 17.5. The summed E-state index contributed by atoms with van der Waals surface area (Å²) in [5, 5.41) is 3.21. The number of benzene rings is 2. The molecule has 1 heterocycles. The van der Waals surface area contributed by atoms with Gasteiger partial charge in [0.1, 0.15) is 0 Å².